The van der Waals surface area contributed by atoms with Crippen LogP contribution in [0.3, 0.4) is 0 Å². The summed E-state index contributed by atoms with van der Waals surface area (Å²) in [4.78, 5) is 19.4. The SMILES string of the molecule is CC(C)(C)C(=O)OCC[P+](=O)O. The molecule has 0 aromatic rings. The van der Waals surface area contributed by atoms with Crippen LogP contribution in [-0.4, -0.2) is 23.6 Å². The molecule has 0 rings (SSSR count). The minimum absolute atomic E-state index is 0.0111. The molecule has 0 aliphatic heterocycles. The van der Waals surface area contributed by atoms with Gasteiger partial charge < -0.3 is 4.74 Å². The van der Waals surface area contributed by atoms with E-state index in [-0.39, 0.29) is 18.7 Å². The zero-order chi connectivity index (χ0) is 9.78. The number of rotatable bonds is 3. The van der Waals surface area contributed by atoms with E-state index in [2.05, 4.69) is 0 Å². The van der Waals surface area contributed by atoms with Crippen LogP contribution in [0.15, 0.2) is 0 Å². The van der Waals surface area contributed by atoms with E-state index < -0.39 is 13.4 Å². The van der Waals surface area contributed by atoms with E-state index in [9.17, 15) is 9.36 Å². The Bertz CT molecular complexity index is 182. The smallest absolute Gasteiger partial charge is 0.461 e. The summed E-state index contributed by atoms with van der Waals surface area (Å²) in [5.41, 5.74) is -0.541. The average Bonchev–Trinajstić information content (AvgIpc) is 1.84. The van der Waals surface area contributed by atoms with Crippen molar-refractivity contribution in [3.63, 3.8) is 0 Å². The lowest BCUT2D eigenvalue weighted by atomic mass is 9.97. The Kier molecular flexibility index (Phi) is 4.35. The maximum absolute atomic E-state index is 11.0. The molecule has 0 aromatic carbocycles. The monoisotopic (exact) mass is 193 g/mol. The first-order valence-electron chi connectivity index (χ1n) is 3.65. The molecule has 70 valence electrons. The standard InChI is InChI=1S/C7H13O4P/c1-7(2,3)6(8)11-4-5-12(9)10/h4-5H2,1-3H3/p+1. The predicted molar refractivity (Wildman–Crippen MR) is 45.1 cm³/mol. The Morgan fingerprint density at radius 1 is 1.50 bits per heavy atom. The summed E-state index contributed by atoms with van der Waals surface area (Å²) in [6.07, 6.45) is 0.0111. The molecule has 0 saturated carbocycles. The van der Waals surface area contributed by atoms with Crippen LogP contribution in [-0.2, 0) is 14.1 Å². The molecular weight excluding hydrogens is 179 g/mol. The van der Waals surface area contributed by atoms with Crippen LogP contribution < -0.4 is 0 Å². The highest BCUT2D eigenvalue weighted by Gasteiger charge is 2.23. The van der Waals surface area contributed by atoms with Crippen molar-refractivity contribution in [3.8, 4) is 0 Å². The molecule has 0 spiro atoms. The van der Waals surface area contributed by atoms with E-state index in [0.29, 0.717) is 0 Å². The lowest BCUT2D eigenvalue weighted by Gasteiger charge is -2.14. The van der Waals surface area contributed by atoms with Crippen LogP contribution in [0.25, 0.3) is 0 Å². The molecule has 0 radical (unpaired) electrons. The summed E-state index contributed by atoms with van der Waals surface area (Å²) in [6.45, 7) is 5.21. The van der Waals surface area contributed by atoms with Crippen LogP contribution in [0.2, 0.25) is 0 Å². The summed E-state index contributed by atoms with van der Waals surface area (Å²) in [7, 11) is -2.19. The molecule has 1 atom stereocenters. The van der Waals surface area contributed by atoms with E-state index in [0.717, 1.165) is 0 Å². The van der Waals surface area contributed by atoms with Gasteiger partial charge in [-0.3, -0.25) is 4.79 Å². The van der Waals surface area contributed by atoms with Crippen LogP contribution in [0.1, 0.15) is 20.8 Å². The summed E-state index contributed by atoms with van der Waals surface area (Å²) in [5.74, 6) is -0.348. The first-order chi connectivity index (χ1) is 5.34. The molecule has 0 saturated heterocycles. The molecule has 0 fully saturated rings. The molecule has 4 nitrogen and oxygen atoms in total. The van der Waals surface area contributed by atoms with Crippen molar-refractivity contribution in [2.45, 2.75) is 20.8 Å². The largest absolute Gasteiger partial charge is 0.509 e. The van der Waals surface area contributed by atoms with Gasteiger partial charge >= 0.3 is 14.0 Å². The fourth-order valence-electron chi connectivity index (χ4n) is 0.433. The molecule has 0 heterocycles. The van der Waals surface area contributed by atoms with Crippen molar-refractivity contribution in [2.24, 2.45) is 5.41 Å². The van der Waals surface area contributed by atoms with Crippen molar-refractivity contribution in [1.29, 1.82) is 0 Å². The first-order valence-corrected chi connectivity index (χ1v) is 5.04. The molecule has 5 heteroatoms. The number of carbonyl (C=O) groups excluding carboxylic acids is 1. The predicted octanol–water partition coefficient (Wildman–Crippen LogP) is 1.31. The van der Waals surface area contributed by atoms with Gasteiger partial charge in [0, 0.05) is 0 Å². The second-order valence-electron chi connectivity index (χ2n) is 3.46. The molecular formula is C7H14O4P+. The van der Waals surface area contributed by atoms with Gasteiger partial charge in [0.25, 0.3) is 0 Å². The van der Waals surface area contributed by atoms with Gasteiger partial charge in [-0.05, 0) is 25.3 Å². The highest BCUT2D eigenvalue weighted by atomic mass is 31.1. The van der Waals surface area contributed by atoms with Gasteiger partial charge in [-0.15, -0.1) is 0 Å². The summed E-state index contributed by atoms with van der Waals surface area (Å²) < 4.78 is 14.9. The summed E-state index contributed by atoms with van der Waals surface area (Å²) in [6, 6.07) is 0. The van der Waals surface area contributed by atoms with Gasteiger partial charge in [-0.2, -0.15) is 4.89 Å². The van der Waals surface area contributed by atoms with Gasteiger partial charge in [0.15, 0.2) is 0 Å². The minimum Gasteiger partial charge on any atom is -0.461 e. The van der Waals surface area contributed by atoms with E-state index in [1.165, 1.54) is 0 Å². The number of hydrogen-bond acceptors (Lipinski definition) is 3. The second-order valence-corrected chi connectivity index (χ2v) is 4.61. The molecule has 0 aliphatic rings. The maximum Gasteiger partial charge on any atom is 0.509 e. The average molecular weight is 193 g/mol. The minimum atomic E-state index is -2.19. The zero-order valence-corrected chi connectivity index (χ0v) is 8.43. The lowest BCUT2D eigenvalue weighted by molar-refractivity contribution is -0.152. The van der Waals surface area contributed by atoms with Gasteiger partial charge in [-0.25, -0.2) is 0 Å². The Balaban J connectivity index is 3.66. The van der Waals surface area contributed by atoms with Crippen molar-refractivity contribution in [3.05, 3.63) is 0 Å². The lowest BCUT2D eigenvalue weighted by Crippen LogP contribution is -2.23. The number of ether oxygens (including phenoxy) is 1. The Labute approximate surface area is 72.8 Å². The molecule has 0 amide bonds. The fourth-order valence-corrected chi connectivity index (χ4v) is 0.680. The van der Waals surface area contributed by atoms with Crippen molar-refractivity contribution < 1.29 is 19.0 Å². The zero-order valence-electron chi connectivity index (χ0n) is 7.53. The van der Waals surface area contributed by atoms with Crippen LogP contribution in [0.5, 0.6) is 0 Å². The molecule has 1 N–H and O–H groups in total. The Hall–Kier alpha value is -0.470. The highest BCUT2D eigenvalue weighted by molar-refractivity contribution is 7.38. The fraction of sp³-hybridized carbons (Fsp3) is 0.857. The molecule has 12 heavy (non-hydrogen) atoms. The second kappa shape index (κ2) is 4.53. The molecule has 0 bridgehead atoms. The third-order valence-electron chi connectivity index (χ3n) is 1.13. The first kappa shape index (κ1) is 11.5. The highest BCUT2D eigenvalue weighted by Crippen LogP contribution is 2.16. The normalized spacial score (nSPS) is 12.5. The third kappa shape index (κ3) is 5.22. The molecule has 0 aliphatic carbocycles. The van der Waals surface area contributed by atoms with E-state index in [1.807, 2.05) is 0 Å². The van der Waals surface area contributed by atoms with Crippen LogP contribution >= 0.6 is 8.03 Å². The van der Waals surface area contributed by atoms with E-state index >= 15 is 0 Å². The summed E-state index contributed by atoms with van der Waals surface area (Å²) >= 11 is 0. The quantitative estimate of drug-likeness (QED) is 0.542. The van der Waals surface area contributed by atoms with Crippen molar-refractivity contribution in [2.75, 3.05) is 12.8 Å². The number of hydrogen-bond donors (Lipinski definition) is 1. The third-order valence-corrected chi connectivity index (χ3v) is 1.69. The number of carbonyl (C=O) groups is 1. The van der Waals surface area contributed by atoms with Gasteiger partial charge in [0.1, 0.15) is 6.61 Å². The Morgan fingerprint density at radius 3 is 2.33 bits per heavy atom. The van der Waals surface area contributed by atoms with Gasteiger partial charge in [-0.1, -0.05) is 0 Å². The van der Waals surface area contributed by atoms with Gasteiger partial charge in [0.2, 0.25) is 6.16 Å². The van der Waals surface area contributed by atoms with E-state index in [4.69, 9.17) is 9.63 Å². The maximum atomic E-state index is 11.0. The molecule has 0 aromatic heterocycles. The van der Waals surface area contributed by atoms with Crippen molar-refractivity contribution in [1.82, 2.24) is 0 Å². The van der Waals surface area contributed by atoms with Crippen molar-refractivity contribution >= 4 is 14.0 Å². The topological polar surface area (TPSA) is 63.6 Å². The van der Waals surface area contributed by atoms with Crippen LogP contribution in [0.4, 0.5) is 0 Å². The Morgan fingerprint density at radius 2 is 2.00 bits per heavy atom. The van der Waals surface area contributed by atoms with E-state index in [1.54, 1.807) is 20.8 Å². The number of esters is 1. The van der Waals surface area contributed by atoms with Gasteiger partial charge in [0.05, 0.1) is 5.41 Å². The van der Waals surface area contributed by atoms with Crippen LogP contribution in [0, 0.1) is 5.41 Å². The summed E-state index contributed by atoms with van der Waals surface area (Å²) in [5, 5.41) is 0. The molecule has 1 unspecified atom stereocenters.